The summed E-state index contributed by atoms with van der Waals surface area (Å²) in [5, 5.41) is 5.59. The minimum Gasteiger partial charge on any atom is -0.465 e. The third-order valence-electron chi connectivity index (χ3n) is 4.02. The van der Waals surface area contributed by atoms with Gasteiger partial charge in [-0.2, -0.15) is 0 Å². The van der Waals surface area contributed by atoms with Crippen LogP contribution >= 0.6 is 0 Å². The van der Waals surface area contributed by atoms with Crippen LogP contribution in [0.5, 0.6) is 0 Å². The molecule has 0 atom stereocenters. The molecule has 0 saturated heterocycles. The van der Waals surface area contributed by atoms with Crippen molar-refractivity contribution in [2.45, 2.75) is 26.3 Å². The maximum absolute atomic E-state index is 12.8. The predicted molar refractivity (Wildman–Crippen MR) is 108 cm³/mol. The maximum Gasteiger partial charge on any atom is 0.337 e. The number of carbonyl (C=O) groups is 3. The summed E-state index contributed by atoms with van der Waals surface area (Å²) in [4.78, 5) is 41.3. The number of amides is 2. The van der Waals surface area contributed by atoms with Gasteiger partial charge in [0, 0.05) is 17.4 Å². The van der Waals surface area contributed by atoms with E-state index in [4.69, 9.17) is 0 Å². The molecule has 1 aromatic carbocycles. The Morgan fingerprint density at radius 3 is 2.31 bits per heavy atom. The number of methoxy groups -OCH3 is 1. The second-order valence-electron chi connectivity index (χ2n) is 7.47. The zero-order valence-corrected chi connectivity index (χ0v) is 16.6. The number of fused-ring (bicyclic) bond motifs is 1. The zero-order valence-electron chi connectivity index (χ0n) is 16.6. The minimum absolute atomic E-state index is 0.127. The molecule has 2 heterocycles. The van der Waals surface area contributed by atoms with Crippen molar-refractivity contribution in [3.8, 4) is 0 Å². The molecule has 0 aliphatic heterocycles. The van der Waals surface area contributed by atoms with Crippen LogP contribution in [0.25, 0.3) is 5.52 Å². The van der Waals surface area contributed by atoms with Crippen LogP contribution in [0.2, 0.25) is 0 Å². The topological polar surface area (TPSA) is 102 Å². The predicted octanol–water partition coefficient (Wildman–Crippen LogP) is 2.90. The van der Waals surface area contributed by atoms with Gasteiger partial charge in [-0.15, -0.1) is 0 Å². The lowest BCUT2D eigenvalue weighted by molar-refractivity contribution is 0.0600. The molecular formula is C21H22N4O4. The van der Waals surface area contributed by atoms with E-state index in [0.717, 1.165) is 0 Å². The van der Waals surface area contributed by atoms with E-state index in [1.165, 1.54) is 7.11 Å². The van der Waals surface area contributed by atoms with Gasteiger partial charge in [-0.05, 0) is 57.2 Å². The molecule has 3 rings (SSSR count). The molecule has 0 spiro atoms. The maximum atomic E-state index is 12.8. The van der Waals surface area contributed by atoms with Crippen molar-refractivity contribution in [2.75, 3.05) is 12.4 Å². The fourth-order valence-electron chi connectivity index (χ4n) is 2.76. The Morgan fingerprint density at radius 1 is 1.00 bits per heavy atom. The first kappa shape index (κ1) is 20.1. The number of ether oxygens (including phenoxy) is 1. The SMILES string of the molecule is COC(=O)c1ccc(NC(=O)c2nc(C(=O)NC(C)(C)C)n3ccccc23)cc1. The molecule has 0 aliphatic carbocycles. The first-order valence-corrected chi connectivity index (χ1v) is 8.99. The summed E-state index contributed by atoms with van der Waals surface area (Å²) in [6, 6.07) is 11.5. The monoisotopic (exact) mass is 394 g/mol. The Hall–Kier alpha value is -3.68. The van der Waals surface area contributed by atoms with Crippen LogP contribution in [0.4, 0.5) is 5.69 Å². The van der Waals surface area contributed by atoms with Crippen molar-refractivity contribution in [1.82, 2.24) is 14.7 Å². The van der Waals surface area contributed by atoms with Crippen molar-refractivity contribution >= 4 is 29.0 Å². The van der Waals surface area contributed by atoms with Gasteiger partial charge < -0.3 is 15.4 Å². The highest BCUT2D eigenvalue weighted by Gasteiger charge is 2.24. The quantitative estimate of drug-likeness (QED) is 0.663. The summed E-state index contributed by atoms with van der Waals surface area (Å²) in [6.45, 7) is 5.60. The molecule has 0 saturated carbocycles. The molecule has 0 unspecified atom stereocenters. The molecule has 0 bridgehead atoms. The number of pyridine rings is 1. The number of esters is 1. The second-order valence-corrected chi connectivity index (χ2v) is 7.47. The molecule has 8 heteroatoms. The average molecular weight is 394 g/mol. The van der Waals surface area contributed by atoms with Gasteiger partial charge in [0.1, 0.15) is 0 Å². The van der Waals surface area contributed by atoms with E-state index >= 15 is 0 Å². The number of hydrogen-bond acceptors (Lipinski definition) is 5. The van der Waals surface area contributed by atoms with E-state index in [0.29, 0.717) is 16.8 Å². The lowest BCUT2D eigenvalue weighted by Gasteiger charge is -2.19. The van der Waals surface area contributed by atoms with Crippen molar-refractivity contribution in [1.29, 1.82) is 0 Å². The Morgan fingerprint density at radius 2 is 1.69 bits per heavy atom. The largest absolute Gasteiger partial charge is 0.465 e. The van der Waals surface area contributed by atoms with Gasteiger partial charge in [0.05, 0.1) is 18.2 Å². The normalized spacial score (nSPS) is 11.2. The molecule has 0 fully saturated rings. The third kappa shape index (κ3) is 4.43. The smallest absolute Gasteiger partial charge is 0.337 e. The van der Waals surface area contributed by atoms with Crippen LogP contribution in [0.15, 0.2) is 48.7 Å². The summed E-state index contributed by atoms with van der Waals surface area (Å²) in [5.41, 5.74) is 1.05. The van der Waals surface area contributed by atoms with Crippen molar-refractivity contribution < 1.29 is 19.1 Å². The highest BCUT2D eigenvalue weighted by atomic mass is 16.5. The molecule has 150 valence electrons. The number of carbonyl (C=O) groups excluding carboxylic acids is 3. The molecule has 3 aromatic rings. The van der Waals surface area contributed by atoms with Crippen molar-refractivity contribution in [3.63, 3.8) is 0 Å². The number of benzene rings is 1. The molecule has 29 heavy (non-hydrogen) atoms. The van der Waals surface area contributed by atoms with Gasteiger partial charge in [0.25, 0.3) is 11.8 Å². The molecule has 2 aromatic heterocycles. The Kier molecular flexibility index (Phi) is 5.36. The van der Waals surface area contributed by atoms with E-state index in [1.807, 2.05) is 20.8 Å². The van der Waals surface area contributed by atoms with Gasteiger partial charge >= 0.3 is 5.97 Å². The van der Waals surface area contributed by atoms with Crippen LogP contribution in [0.1, 0.15) is 52.2 Å². The first-order chi connectivity index (χ1) is 13.7. The summed E-state index contributed by atoms with van der Waals surface area (Å²) in [6.07, 6.45) is 1.68. The number of hydrogen-bond donors (Lipinski definition) is 2. The second kappa shape index (κ2) is 7.75. The molecule has 2 amide bonds. The van der Waals surface area contributed by atoms with Crippen LogP contribution in [-0.2, 0) is 4.74 Å². The van der Waals surface area contributed by atoms with Crippen molar-refractivity contribution in [2.24, 2.45) is 0 Å². The van der Waals surface area contributed by atoms with Gasteiger partial charge in [-0.3, -0.25) is 14.0 Å². The van der Waals surface area contributed by atoms with E-state index in [-0.39, 0.29) is 17.4 Å². The van der Waals surface area contributed by atoms with E-state index in [9.17, 15) is 14.4 Å². The number of aromatic nitrogens is 2. The Bertz CT molecular complexity index is 1080. The summed E-state index contributed by atoms with van der Waals surface area (Å²) in [5.74, 6) is -1.17. The highest BCUT2D eigenvalue weighted by molar-refractivity contribution is 6.09. The van der Waals surface area contributed by atoms with Crippen LogP contribution in [0.3, 0.4) is 0 Å². The van der Waals surface area contributed by atoms with Gasteiger partial charge in [-0.25, -0.2) is 9.78 Å². The fourth-order valence-corrected chi connectivity index (χ4v) is 2.76. The van der Waals surface area contributed by atoms with Crippen LogP contribution in [0, 0.1) is 0 Å². The van der Waals surface area contributed by atoms with Gasteiger partial charge in [0.2, 0.25) is 5.82 Å². The number of nitrogens with zero attached hydrogens (tertiary/aromatic N) is 2. The van der Waals surface area contributed by atoms with Gasteiger partial charge in [-0.1, -0.05) is 6.07 Å². The van der Waals surface area contributed by atoms with Crippen LogP contribution < -0.4 is 10.6 Å². The zero-order chi connectivity index (χ0) is 21.2. The van der Waals surface area contributed by atoms with Crippen molar-refractivity contribution in [3.05, 3.63) is 65.7 Å². The van der Waals surface area contributed by atoms with E-state index < -0.39 is 17.4 Å². The number of imidazole rings is 1. The number of nitrogens with one attached hydrogen (secondary N) is 2. The Balaban J connectivity index is 1.90. The highest BCUT2D eigenvalue weighted by Crippen LogP contribution is 2.17. The lowest BCUT2D eigenvalue weighted by Crippen LogP contribution is -2.41. The summed E-state index contributed by atoms with van der Waals surface area (Å²) >= 11 is 0. The number of rotatable bonds is 4. The molecule has 8 nitrogen and oxygen atoms in total. The minimum atomic E-state index is -0.464. The molecule has 2 N–H and O–H groups in total. The molecule has 0 aliphatic rings. The molecule has 0 radical (unpaired) electrons. The summed E-state index contributed by atoms with van der Waals surface area (Å²) < 4.78 is 6.24. The van der Waals surface area contributed by atoms with Gasteiger partial charge in [0.15, 0.2) is 5.69 Å². The Labute approximate surface area is 167 Å². The first-order valence-electron chi connectivity index (χ1n) is 8.99. The fraction of sp³-hybridized carbons (Fsp3) is 0.238. The average Bonchev–Trinajstić information content (AvgIpc) is 3.07. The molecular weight excluding hydrogens is 372 g/mol. The third-order valence-corrected chi connectivity index (χ3v) is 4.02. The summed E-state index contributed by atoms with van der Waals surface area (Å²) in [7, 11) is 1.30. The van der Waals surface area contributed by atoms with Crippen LogP contribution in [-0.4, -0.2) is 39.8 Å². The standard InChI is InChI=1S/C21H22N4O4/c1-21(2,3)24-19(27)17-23-16(15-7-5-6-12-25(15)17)18(26)22-14-10-8-13(9-11-14)20(28)29-4/h5-12H,1-4H3,(H,22,26)(H,24,27). The van der Waals surface area contributed by atoms with E-state index in [2.05, 4.69) is 20.4 Å². The van der Waals surface area contributed by atoms with E-state index in [1.54, 1.807) is 53.1 Å². The lowest BCUT2D eigenvalue weighted by atomic mass is 10.1. The number of anilines is 1.